The first-order valence-electron chi connectivity index (χ1n) is 11.1. The fourth-order valence-electron chi connectivity index (χ4n) is 3.84. The second kappa shape index (κ2) is 11.2. The number of amides is 2. The molecule has 1 fully saturated rings. The van der Waals surface area contributed by atoms with Crippen LogP contribution in [0.15, 0.2) is 53.4 Å². The Bertz CT molecular complexity index is 1160. The number of anilines is 1. The van der Waals surface area contributed by atoms with Crippen molar-refractivity contribution in [2.75, 3.05) is 31.5 Å². The summed E-state index contributed by atoms with van der Waals surface area (Å²) in [5, 5.41) is 11.5. The standard InChI is InChI=1S/C24H29N5O4S/c1-18(27-34(32,33)23-10-8-22(9-11-23)26-19(2)30)24(31)29-13-3-12-28(14-15-29)17-21-6-4-20(16-25)5-7-21/h4-11,18,27H,3,12-15,17H2,1-2H3,(H,26,30)/t18-/m0/s1. The summed E-state index contributed by atoms with van der Waals surface area (Å²) in [7, 11) is -3.90. The van der Waals surface area contributed by atoms with Gasteiger partial charge in [-0.05, 0) is 55.3 Å². The Morgan fingerprint density at radius 1 is 1.03 bits per heavy atom. The lowest BCUT2D eigenvalue weighted by Gasteiger charge is -2.25. The van der Waals surface area contributed by atoms with Gasteiger partial charge in [-0.1, -0.05) is 12.1 Å². The molecule has 0 saturated carbocycles. The van der Waals surface area contributed by atoms with Crippen molar-refractivity contribution in [3.8, 4) is 6.07 Å². The third-order valence-corrected chi connectivity index (χ3v) is 7.13. The molecule has 9 nitrogen and oxygen atoms in total. The van der Waals surface area contributed by atoms with Crippen LogP contribution in [-0.2, 0) is 26.2 Å². The zero-order valence-electron chi connectivity index (χ0n) is 19.3. The SMILES string of the molecule is CC(=O)Nc1ccc(S(=O)(=O)N[C@@H](C)C(=O)N2CCCN(Cc3ccc(C#N)cc3)CC2)cc1. The van der Waals surface area contributed by atoms with E-state index in [1.165, 1.54) is 31.2 Å². The summed E-state index contributed by atoms with van der Waals surface area (Å²) in [5.41, 5.74) is 2.21. The van der Waals surface area contributed by atoms with Crippen LogP contribution in [0.25, 0.3) is 0 Å². The summed E-state index contributed by atoms with van der Waals surface area (Å²) < 4.78 is 27.9. The van der Waals surface area contributed by atoms with Crippen molar-refractivity contribution in [1.29, 1.82) is 5.26 Å². The van der Waals surface area contributed by atoms with Crippen molar-refractivity contribution >= 4 is 27.5 Å². The maximum absolute atomic E-state index is 13.0. The largest absolute Gasteiger partial charge is 0.340 e. The molecule has 0 radical (unpaired) electrons. The van der Waals surface area contributed by atoms with Crippen molar-refractivity contribution in [1.82, 2.24) is 14.5 Å². The quantitative estimate of drug-likeness (QED) is 0.620. The van der Waals surface area contributed by atoms with E-state index in [4.69, 9.17) is 5.26 Å². The van der Waals surface area contributed by atoms with Gasteiger partial charge in [-0.15, -0.1) is 0 Å². The van der Waals surface area contributed by atoms with Gasteiger partial charge in [0.2, 0.25) is 21.8 Å². The van der Waals surface area contributed by atoms with E-state index in [-0.39, 0.29) is 16.7 Å². The first kappa shape index (κ1) is 25.4. The topological polar surface area (TPSA) is 123 Å². The highest BCUT2D eigenvalue weighted by Gasteiger charge is 2.27. The Labute approximate surface area is 200 Å². The molecule has 2 aromatic carbocycles. The lowest BCUT2D eigenvalue weighted by atomic mass is 10.1. The van der Waals surface area contributed by atoms with E-state index in [1.54, 1.807) is 24.0 Å². The molecule has 1 saturated heterocycles. The second-order valence-corrected chi connectivity index (χ2v) is 10.0. The van der Waals surface area contributed by atoms with Crippen LogP contribution in [0, 0.1) is 11.3 Å². The Kier molecular flexibility index (Phi) is 8.39. The number of hydrogen-bond acceptors (Lipinski definition) is 6. The van der Waals surface area contributed by atoms with Crippen molar-refractivity contribution in [2.24, 2.45) is 0 Å². The second-order valence-electron chi connectivity index (χ2n) is 8.31. The fourth-order valence-corrected chi connectivity index (χ4v) is 5.03. The van der Waals surface area contributed by atoms with Gasteiger partial charge in [0.05, 0.1) is 22.6 Å². The molecule has 10 heteroatoms. The molecule has 2 aromatic rings. The molecule has 180 valence electrons. The fraction of sp³-hybridized carbons (Fsp3) is 0.375. The number of nitriles is 1. The van der Waals surface area contributed by atoms with Crippen LogP contribution in [0.5, 0.6) is 0 Å². The number of rotatable bonds is 7. The lowest BCUT2D eigenvalue weighted by Crippen LogP contribution is -2.47. The van der Waals surface area contributed by atoms with Gasteiger partial charge in [-0.2, -0.15) is 9.98 Å². The van der Waals surface area contributed by atoms with Crippen molar-refractivity contribution in [3.05, 3.63) is 59.7 Å². The molecule has 0 unspecified atom stereocenters. The predicted octanol–water partition coefficient (Wildman–Crippen LogP) is 1.92. The van der Waals surface area contributed by atoms with Gasteiger partial charge in [0.15, 0.2) is 0 Å². The smallest absolute Gasteiger partial charge is 0.241 e. The Balaban J connectivity index is 1.56. The third kappa shape index (κ3) is 6.87. The van der Waals surface area contributed by atoms with Crippen LogP contribution in [-0.4, -0.2) is 62.3 Å². The first-order valence-corrected chi connectivity index (χ1v) is 12.6. The molecule has 34 heavy (non-hydrogen) atoms. The maximum Gasteiger partial charge on any atom is 0.241 e. The number of benzene rings is 2. The van der Waals surface area contributed by atoms with Gasteiger partial charge >= 0.3 is 0 Å². The van der Waals surface area contributed by atoms with Crippen molar-refractivity contribution in [2.45, 2.75) is 37.8 Å². The Morgan fingerprint density at radius 3 is 2.32 bits per heavy atom. The minimum Gasteiger partial charge on any atom is -0.340 e. The number of nitrogens with one attached hydrogen (secondary N) is 2. The highest BCUT2D eigenvalue weighted by molar-refractivity contribution is 7.89. The zero-order chi connectivity index (χ0) is 24.7. The maximum atomic E-state index is 13.0. The molecule has 2 N–H and O–H groups in total. The summed E-state index contributed by atoms with van der Waals surface area (Å²) in [6.07, 6.45) is 0.784. The zero-order valence-corrected chi connectivity index (χ0v) is 20.1. The molecule has 1 aliphatic heterocycles. The van der Waals surface area contributed by atoms with E-state index in [2.05, 4.69) is 21.0 Å². The number of carbonyl (C=O) groups is 2. The summed E-state index contributed by atoms with van der Waals surface area (Å²) in [6, 6.07) is 14.4. The van der Waals surface area contributed by atoms with Crippen LogP contribution >= 0.6 is 0 Å². The van der Waals surface area contributed by atoms with Crippen LogP contribution in [0.2, 0.25) is 0 Å². The molecule has 2 amide bonds. The minimum absolute atomic E-state index is 0.0192. The minimum atomic E-state index is -3.90. The van der Waals surface area contributed by atoms with E-state index in [0.717, 1.165) is 25.1 Å². The van der Waals surface area contributed by atoms with Gasteiger partial charge in [-0.25, -0.2) is 8.42 Å². The van der Waals surface area contributed by atoms with E-state index >= 15 is 0 Å². The summed E-state index contributed by atoms with van der Waals surface area (Å²) in [4.78, 5) is 28.1. The molecule has 0 spiro atoms. The average Bonchev–Trinajstić information content (AvgIpc) is 3.04. The molecule has 0 aromatic heterocycles. The molecule has 1 aliphatic rings. The molecule has 1 atom stereocenters. The number of nitrogens with zero attached hydrogens (tertiary/aromatic N) is 3. The predicted molar refractivity (Wildman–Crippen MR) is 128 cm³/mol. The van der Waals surface area contributed by atoms with Crippen LogP contribution in [0.3, 0.4) is 0 Å². The van der Waals surface area contributed by atoms with Crippen molar-refractivity contribution < 1.29 is 18.0 Å². The molecule has 1 heterocycles. The molecule has 0 aliphatic carbocycles. The van der Waals surface area contributed by atoms with Crippen LogP contribution in [0.4, 0.5) is 5.69 Å². The Morgan fingerprint density at radius 2 is 1.71 bits per heavy atom. The third-order valence-electron chi connectivity index (χ3n) is 5.58. The van der Waals surface area contributed by atoms with E-state index in [1.807, 2.05) is 12.1 Å². The van der Waals surface area contributed by atoms with Gasteiger partial charge < -0.3 is 10.2 Å². The molecule has 0 bridgehead atoms. The molecular formula is C24H29N5O4S. The van der Waals surface area contributed by atoms with E-state index in [9.17, 15) is 18.0 Å². The average molecular weight is 484 g/mol. The lowest BCUT2D eigenvalue weighted by molar-refractivity contribution is -0.132. The van der Waals surface area contributed by atoms with E-state index < -0.39 is 16.1 Å². The highest BCUT2D eigenvalue weighted by Crippen LogP contribution is 2.16. The number of carbonyl (C=O) groups excluding carboxylic acids is 2. The van der Waals surface area contributed by atoms with E-state index in [0.29, 0.717) is 30.9 Å². The van der Waals surface area contributed by atoms with Crippen LogP contribution < -0.4 is 10.0 Å². The number of hydrogen-bond donors (Lipinski definition) is 2. The monoisotopic (exact) mass is 483 g/mol. The van der Waals surface area contributed by atoms with Gasteiger partial charge in [0, 0.05) is 45.3 Å². The van der Waals surface area contributed by atoms with Crippen LogP contribution in [0.1, 0.15) is 31.4 Å². The summed E-state index contributed by atoms with van der Waals surface area (Å²) in [5.74, 6) is -0.514. The number of sulfonamides is 1. The summed E-state index contributed by atoms with van der Waals surface area (Å²) >= 11 is 0. The Hall–Kier alpha value is -3.26. The molecular weight excluding hydrogens is 454 g/mol. The van der Waals surface area contributed by atoms with Gasteiger partial charge in [-0.3, -0.25) is 14.5 Å². The normalized spacial score (nSPS) is 15.7. The molecule has 3 rings (SSSR count). The van der Waals surface area contributed by atoms with Gasteiger partial charge in [0.25, 0.3) is 0 Å². The van der Waals surface area contributed by atoms with Gasteiger partial charge in [0.1, 0.15) is 0 Å². The summed E-state index contributed by atoms with van der Waals surface area (Å²) in [6.45, 7) is 6.21. The van der Waals surface area contributed by atoms with Crippen molar-refractivity contribution in [3.63, 3.8) is 0 Å². The first-order chi connectivity index (χ1) is 16.2. The highest BCUT2D eigenvalue weighted by atomic mass is 32.2.